The molecule has 2 amide bonds. The number of carbonyl (C=O) groups excluding carboxylic acids is 2. The van der Waals surface area contributed by atoms with Crippen LogP contribution in [0, 0.1) is 0 Å². The first kappa shape index (κ1) is 12.4. The molecule has 0 saturated carbocycles. The first-order valence-electron chi connectivity index (χ1n) is 5.87. The van der Waals surface area contributed by atoms with Gasteiger partial charge in [0.15, 0.2) is 0 Å². The van der Waals surface area contributed by atoms with Gasteiger partial charge in [-0.15, -0.1) is 0 Å². The van der Waals surface area contributed by atoms with Crippen LogP contribution in [0.25, 0.3) is 0 Å². The molecule has 0 bridgehead atoms. The topological polar surface area (TPSA) is 66.6 Å². The van der Waals surface area contributed by atoms with E-state index in [1.54, 1.807) is 24.0 Å². The maximum absolute atomic E-state index is 11.2. The number of nitrogens with zero attached hydrogens (tertiary/aromatic N) is 2. The highest BCUT2D eigenvalue weighted by atomic mass is 16.2. The Kier molecular flexibility index (Phi) is 3.23. The molecular formula is C13H17N3O2. The average molecular weight is 247 g/mol. The van der Waals surface area contributed by atoms with E-state index in [1.807, 2.05) is 19.2 Å². The van der Waals surface area contributed by atoms with Crippen molar-refractivity contribution in [1.29, 1.82) is 0 Å². The highest BCUT2D eigenvalue weighted by molar-refractivity contribution is 5.93. The summed E-state index contributed by atoms with van der Waals surface area (Å²) >= 11 is 0. The van der Waals surface area contributed by atoms with Crippen molar-refractivity contribution < 1.29 is 9.59 Å². The lowest BCUT2D eigenvalue weighted by atomic mass is 10.1. The lowest BCUT2D eigenvalue weighted by molar-refractivity contribution is -0.130. The summed E-state index contributed by atoms with van der Waals surface area (Å²) in [6, 6.07) is 7.48. The monoisotopic (exact) mass is 247 g/mol. The third-order valence-corrected chi connectivity index (χ3v) is 3.42. The maximum Gasteiger partial charge on any atom is 0.248 e. The molecule has 2 rings (SSSR count). The van der Waals surface area contributed by atoms with Crippen molar-refractivity contribution in [2.24, 2.45) is 5.73 Å². The molecule has 96 valence electrons. The Morgan fingerprint density at radius 1 is 1.28 bits per heavy atom. The molecule has 18 heavy (non-hydrogen) atoms. The van der Waals surface area contributed by atoms with E-state index in [9.17, 15) is 9.59 Å². The van der Waals surface area contributed by atoms with Gasteiger partial charge >= 0.3 is 0 Å². The Morgan fingerprint density at radius 2 is 1.83 bits per heavy atom. The van der Waals surface area contributed by atoms with Crippen molar-refractivity contribution in [2.75, 3.05) is 25.0 Å². The minimum Gasteiger partial charge on any atom is -0.367 e. The van der Waals surface area contributed by atoms with Gasteiger partial charge in [-0.1, -0.05) is 0 Å². The van der Waals surface area contributed by atoms with Gasteiger partial charge in [-0.05, 0) is 24.3 Å². The van der Waals surface area contributed by atoms with E-state index in [0.717, 1.165) is 18.8 Å². The summed E-state index contributed by atoms with van der Waals surface area (Å²) < 4.78 is 0. The number of anilines is 1. The Labute approximate surface area is 106 Å². The van der Waals surface area contributed by atoms with Gasteiger partial charge in [0, 0.05) is 38.3 Å². The predicted molar refractivity (Wildman–Crippen MR) is 69.4 cm³/mol. The zero-order valence-electron chi connectivity index (χ0n) is 10.6. The molecule has 5 heteroatoms. The number of rotatable bonds is 3. The SMILES string of the molecule is CC(=O)N(C)C1CN(c2ccc(C(N)=O)cc2)C1. The predicted octanol–water partition coefficient (Wildman–Crippen LogP) is 0.452. The lowest BCUT2D eigenvalue weighted by Crippen LogP contribution is -2.59. The third kappa shape index (κ3) is 2.30. The molecule has 1 aromatic carbocycles. The molecule has 2 N–H and O–H groups in total. The molecule has 0 unspecified atom stereocenters. The van der Waals surface area contributed by atoms with Crippen LogP contribution in [0.2, 0.25) is 0 Å². The Balaban J connectivity index is 1.96. The molecule has 1 aliphatic rings. The molecule has 1 saturated heterocycles. The molecule has 5 nitrogen and oxygen atoms in total. The second kappa shape index (κ2) is 4.68. The summed E-state index contributed by atoms with van der Waals surface area (Å²) in [6.07, 6.45) is 0. The summed E-state index contributed by atoms with van der Waals surface area (Å²) in [5.41, 5.74) is 6.74. The highest BCUT2D eigenvalue weighted by Gasteiger charge is 2.31. The van der Waals surface area contributed by atoms with Crippen LogP contribution in [-0.2, 0) is 4.79 Å². The van der Waals surface area contributed by atoms with Gasteiger partial charge in [0.1, 0.15) is 0 Å². The number of benzene rings is 1. The van der Waals surface area contributed by atoms with Gasteiger partial charge < -0.3 is 15.5 Å². The van der Waals surface area contributed by atoms with E-state index >= 15 is 0 Å². The van der Waals surface area contributed by atoms with E-state index in [4.69, 9.17) is 5.73 Å². The fourth-order valence-electron chi connectivity index (χ4n) is 2.00. The first-order valence-corrected chi connectivity index (χ1v) is 5.87. The number of primary amides is 1. The van der Waals surface area contributed by atoms with Crippen molar-refractivity contribution in [1.82, 2.24) is 4.90 Å². The minimum absolute atomic E-state index is 0.0868. The van der Waals surface area contributed by atoms with Crippen LogP contribution < -0.4 is 10.6 Å². The first-order chi connectivity index (χ1) is 8.49. The Bertz CT molecular complexity index is 464. The smallest absolute Gasteiger partial charge is 0.248 e. The van der Waals surface area contributed by atoms with Crippen molar-refractivity contribution >= 4 is 17.5 Å². The molecule has 0 aromatic heterocycles. The minimum atomic E-state index is -0.417. The van der Waals surface area contributed by atoms with Crippen LogP contribution in [0.4, 0.5) is 5.69 Å². The molecule has 1 aromatic rings. The van der Waals surface area contributed by atoms with E-state index < -0.39 is 5.91 Å². The zero-order chi connectivity index (χ0) is 13.3. The maximum atomic E-state index is 11.2. The second-order valence-electron chi connectivity index (χ2n) is 4.60. The molecule has 0 aliphatic carbocycles. The zero-order valence-corrected chi connectivity index (χ0v) is 10.6. The number of amides is 2. The summed E-state index contributed by atoms with van der Waals surface area (Å²) in [5.74, 6) is -0.330. The van der Waals surface area contributed by atoms with Crippen LogP contribution in [0.5, 0.6) is 0 Å². The number of nitrogens with two attached hydrogens (primary N) is 1. The summed E-state index contributed by atoms with van der Waals surface area (Å²) in [4.78, 5) is 26.1. The van der Waals surface area contributed by atoms with Gasteiger partial charge in [0.25, 0.3) is 0 Å². The molecule has 1 aliphatic heterocycles. The van der Waals surface area contributed by atoms with E-state index in [-0.39, 0.29) is 11.9 Å². The van der Waals surface area contributed by atoms with Gasteiger partial charge in [-0.3, -0.25) is 9.59 Å². The largest absolute Gasteiger partial charge is 0.367 e. The van der Waals surface area contributed by atoms with Crippen LogP contribution in [-0.4, -0.2) is 42.9 Å². The van der Waals surface area contributed by atoms with E-state index in [0.29, 0.717) is 5.56 Å². The number of carbonyl (C=O) groups is 2. The van der Waals surface area contributed by atoms with Crippen molar-refractivity contribution in [3.8, 4) is 0 Å². The number of hydrogen-bond donors (Lipinski definition) is 1. The van der Waals surface area contributed by atoms with Crippen molar-refractivity contribution in [3.05, 3.63) is 29.8 Å². The second-order valence-corrected chi connectivity index (χ2v) is 4.60. The average Bonchev–Trinajstić information content (AvgIpc) is 2.27. The molecule has 0 spiro atoms. The summed E-state index contributed by atoms with van der Waals surface area (Å²) in [7, 11) is 1.82. The quantitative estimate of drug-likeness (QED) is 0.843. The number of hydrogen-bond acceptors (Lipinski definition) is 3. The third-order valence-electron chi connectivity index (χ3n) is 3.42. The highest BCUT2D eigenvalue weighted by Crippen LogP contribution is 2.23. The molecule has 0 radical (unpaired) electrons. The summed E-state index contributed by atoms with van der Waals surface area (Å²) in [6.45, 7) is 3.22. The van der Waals surface area contributed by atoms with Crippen LogP contribution >= 0.6 is 0 Å². The van der Waals surface area contributed by atoms with Crippen LogP contribution in [0.1, 0.15) is 17.3 Å². The Hall–Kier alpha value is -2.04. The van der Waals surface area contributed by atoms with Crippen molar-refractivity contribution in [2.45, 2.75) is 13.0 Å². The van der Waals surface area contributed by atoms with Gasteiger partial charge in [0.2, 0.25) is 11.8 Å². The standard InChI is InChI=1S/C13H17N3O2/c1-9(17)15(2)12-7-16(8-12)11-5-3-10(4-6-11)13(14)18/h3-6,12H,7-8H2,1-2H3,(H2,14,18). The summed E-state index contributed by atoms with van der Waals surface area (Å²) in [5, 5.41) is 0. The van der Waals surface area contributed by atoms with Gasteiger partial charge in [-0.2, -0.15) is 0 Å². The molecule has 0 atom stereocenters. The van der Waals surface area contributed by atoms with Crippen molar-refractivity contribution in [3.63, 3.8) is 0 Å². The van der Waals surface area contributed by atoms with Gasteiger partial charge in [-0.25, -0.2) is 0 Å². The van der Waals surface area contributed by atoms with Crippen LogP contribution in [0.15, 0.2) is 24.3 Å². The van der Waals surface area contributed by atoms with E-state index in [1.165, 1.54) is 0 Å². The molecule has 1 heterocycles. The van der Waals surface area contributed by atoms with E-state index in [2.05, 4.69) is 4.90 Å². The normalized spacial score (nSPS) is 15.1. The van der Waals surface area contributed by atoms with Crippen LogP contribution in [0.3, 0.4) is 0 Å². The lowest BCUT2D eigenvalue weighted by Gasteiger charge is -2.45. The fourth-order valence-corrected chi connectivity index (χ4v) is 2.00. The number of likely N-dealkylation sites (N-methyl/N-ethyl adjacent to an activating group) is 1. The van der Waals surface area contributed by atoms with Gasteiger partial charge in [0.05, 0.1) is 6.04 Å². The Morgan fingerprint density at radius 3 is 2.28 bits per heavy atom. The fraction of sp³-hybridized carbons (Fsp3) is 0.385. The molecule has 1 fully saturated rings. The molecular weight excluding hydrogens is 230 g/mol.